The number of halogens is 1. The van der Waals surface area contributed by atoms with Gasteiger partial charge in [-0.15, -0.1) is 24.0 Å². The van der Waals surface area contributed by atoms with Crippen LogP contribution in [-0.2, 0) is 15.6 Å². The highest BCUT2D eigenvalue weighted by Crippen LogP contribution is 2.06. The molecule has 0 spiro atoms. The van der Waals surface area contributed by atoms with E-state index in [1.807, 2.05) is 30.3 Å². The third kappa shape index (κ3) is 10.9. The van der Waals surface area contributed by atoms with E-state index in [1.165, 1.54) is 12.8 Å². The van der Waals surface area contributed by atoms with Gasteiger partial charge in [0, 0.05) is 20.1 Å². The first-order chi connectivity index (χ1) is 11.1. The second-order valence-corrected chi connectivity index (χ2v) is 7.75. The normalized spacial score (nSPS) is 11.7. The number of hydrogen-bond donors (Lipinski definition) is 2. The van der Waals surface area contributed by atoms with Gasteiger partial charge in [-0.25, -0.2) is 8.42 Å². The topological polar surface area (TPSA) is 70.6 Å². The van der Waals surface area contributed by atoms with Gasteiger partial charge < -0.3 is 10.6 Å². The van der Waals surface area contributed by atoms with Gasteiger partial charge in [-0.3, -0.25) is 4.99 Å². The summed E-state index contributed by atoms with van der Waals surface area (Å²) in [5.74, 6) is 1.03. The first-order valence-corrected chi connectivity index (χ1v) is 10.1. The summed E-state index contributed by atoms with van der Waals surface area (Å²) < 4.78 is 24.2. The van der Waals surface area contributed by atoms with E-state index in [-0.39, 0.29) is 35.5 Å². The van der Waals surface area contributed by atoms with E-state index in [0.29, 0.717) is 13.0 Å². The van der Waals surface area contributed by atoms with Crippen molar-refractivity contribution in [3.8, 4) is 0 Å². The Morgan fingerprint density at radius 1 is 1.04 bits per heavy atom. The summed E-state index contributed by atoms with van der Waals surface area (Å²) in [5.41, 5.74) is 0.842. The van der Waals surface area contributed by atoms with Crippen molar-refractivity contribution >= 4 is 39.8 Å². The van der Waals surface area contributed by atoms with Crippen molar-refractivity contribution in [1.29, 1.82) is 0 Å². The average Bonchev–Trinajstić information content (AvgIpc) is 2.54. The number of guanidine groups is 1. The van der Waals surface area contributed by atoms with Crippen molar-refractivity contribution in [3.05, 3.63) is 35.9 Å². The first kappa shape index (κ1) is 23.2. The SMILES string of the molecule is CCCCCNC(=NC)NCCCS(=O)(=O)Cc1ccccc1.I. The van der Waals surface area contributed by atoms with E-state index in [0.717, 1.165) is 24.5 Å². The summed E-state index contributed by atoms with van der Waals surface area (Å²) in [6.45, 7) is 3.66. The molecular weight excluding hydrogens is 437 g/mol. The Balaban J connectivity index is 0.00000529. The Bertz CT molecular complexity index is 562. The fourth-order valence-electron chi connectivity index (χ4n) is 2.20. The minimum atomic E-state index is -3.06. The zero-order chi connectivity index (χ0) is 17.0. The molecule has 0 saturated carbocycles. The van der Waals surface area contributed by atoms with Gasteiger partial charge in [0.2, 0.25) is 0 Å². The van der Waals surface area contributed by atoms with Gasteiger partial charge in [0.15, 0.2) is 15.8 Å². The Labute approximate surface area is 163 Å². The van der Waals surface area contributed by atoms with Crippen LogP contribution in [0.1, 0.15) is 38.2 Å². The molecule has 0 aromatic heterocycles. The second kappa shape index (κ2) is 13.5. The van der Waals surface area contributed by atoms with E-state index in [1.54, 1.807) is 7.05 Å². The highest BCUT2D eigenvalue weighted by molar-refractivity contribution is 14.0. The van der Waals surface area contributed by atoms with Crippen LogP contribution in [0.2, 0.25) is 0 Å². The van der Waals surface area contributed by atoms with Crippen molar-refractivity contribution in [2.45, 2.75) is 38.4 Å². The van der Waals surface area contributed by atoms with E-state index in [2.05, 4.69) is 22.5 Å². The Morgan fingerprint density at radius 3 is 2.25 bits per heavy atom. The summed E-state index contributed by atoms with van der Waals surface area (Å²) in [6, 6.07) is 9.30. The van der Waals surface area contributed by atoms with Crippen LogP contribution in [0.15, 0.2) is 35.3 Å². The maximum absolute atomic E-state index is 12.1. The molecule has 0 aliphatic carbocycles. The molecule has 0 atom stereocenters. The van der Waals surface area contributed by atoms with Crippen LogP contribution in [0.25, 0.3) is 0 Å². The molecule has 5 nitrogen and oxygen atoms in total. The fraction of sp³-hybridized carbons (Fsp3) is 0.588. The third-order valence-corrected chi connectivity index (χ3v) is 5.13. The lowest BCUT2D eigenvalue weighted by molar-refractivity contribution is 0.591. The standard InChI is InChI=1S/C17H29N3O2S.HI/c1-3-4-8-12-19-17(18-2)20-13-9-14-23(21,22)15-16-10-6-5-7-11-16;/h5-7,10-11H,3-4,8-9,12-15H2,1-2H3,(H2,18,19,20);1H. The Kier molecular flexibility index (Phi) is 13.0. The minimum Gasteiger partial charge on any atom is -0.356 e. The van der Waals surface area contributed by atoms with Crippen LogP contribution >= 0.6 is 24.0 Å². The van der Waals surface area contributed by atoms with Gasteiger partial charge in [0.25, 0.3) is 0 Å². The van der Waals surface area contributed by atoms with Crippen LogP contribution in [0.3, 0.4) is 0 Å². The lowest BCUT2D eigenvalue weighted by Gasteiger charge is -2.11. The van der Waals surface area contributed by atoms with Gasteiger partial charge in [0.05, 0.1) is 11.5 Å². The molecule has 1 aromatic rings. The molecule has 0 amide bonds. The zero-order valence-electron chi connectivity index (χ0n) is 14.6. The monoisotopic (exact) mass is 467 g/mol. The number of benzene rings is 1. The van der Waals surface area contributed by atoms with Crippen LogP contribution in [0.4, 0.5) is 0 Å². The van der Waals surface area contributed by atoms with Gasteiger partial charge in [-0.2, -0.15) is 0 Å². The molecule has 138 valence electrons. The zero-order valence-corrected chi connectivity index (χ0v) is 17.8. The summed E-state index contributed by atoms with van der Waals surface area (Å²) in [5, 5.41) is 6.39. The second-order valence-electron chi connectivity index (χ2n) is 5.56. The third-order valence-electron chi connectivity index (χ3n) is 3.45. The molecule has 0 radical (unpaired) electrons. The van der Waals surface area contributed by atoms with Crippen LogP contribution in [0, 0.1) is 0 Å². The van der Waals surface area contributed by atoms with Gasteiger partial charge in [0.1, 0.15) is 0 Å². The number of aliphatic imine (C=N–C) groups is 1. The molecule has 0 saturated heterocycles. The smallest absolute Gasteiger partial charge is 0.190 e. The molecule has 7 heteroatoms. The molecular formula is C17H30IN3O2S. The summed E-state index contributed by atoms with van der Waals surface area (Å²) in [4.78, 5) is 4.13. The van der Waals surface area contributed by atoms with E-state index in [9.17, 15) is 8.42 Å². The van der Waals surface area contributed by atoms with Crippen molar-refractivity contribution in [1.82, 2.24) is 10.6 Å². The van der Waals surface area contributed by atoms with Crippen LogP contribution in [-0.4, -0.2) is 40.3 Å². The van der Waals surface area contributed by atoms with Crippen LogP contribution in [0.5, 0.6) is 0 Å². The fourth-order valence-corrected chi connectivity index (χ4v) is 3.63. The number of hydrogen-bond acceptors (Lipinski definition) is 3. The summed E-state index contributed by atoms with van der Waals surface area (Å²) in [7, 11) is -1.34. The molecule has 0 fully saturated rings. The van der Waals surface area contributed by atoms with E-state index >= 15 is 0 Å². The maximum atomic E-state index is 12.1. The largest absolute Gasteiger partial charge is 0.356 e. The maximum Gasteiger partial charge on any atom is 0.190 e. The number of unbranched alkanes of at least 4 members (excludes halogenated alkanes) is 2. The lowest BCUT2D eigenvalue weighted by atomic mass is 10.2. The predicted octanol–water partition coefficient (Wildman–Crippen LogP) is 2.96. The Morgan fingerprint density at radius 2 is 1.67 bits per heavy atom. The molecule has 2 N–H and O–H groups in total. The van der Waals surface area contributed by atoms with Crippen molar-refractivity contribution in [2.75, 3.05) is 25.9 Å². The van der Waals surface area contributed by atoms with E-state index < -0.39 is 9.84 Å². The minimum absolute atomic E-state index is 0. The molecule has 1 rings (SSSR count). The van der Waals surface area contributed by atoms with E-state index in [4.69, 9.17) is 0 Å². The Hall–Kier alpha value is -0.830. The number of nitrogens with zero attached hydrogens (tertiary/aromatic N) is 1. The van der Waals surface area contributed by atoms with Crippen LogP contribution < -0.4 is 10.6 Å². The number of sulfone groups is 1. The average molecular weight is 467 g/mol. The highest BCUT2D eigenvalue weighted by atomic mass is 127. The van der Waals surface area contributed by atoms with Gasteiger partial charge in [-0.1, -0.05) is 50.1 Å². The number of nitrogens with one attached hydrogen (secondary N) is 2. The molecule has 0 aliphatic heterocycles. The molecule has 0 aliphatic rings. The van der Waals surface area contributed by atoms with Crippen molar-refractivity contribution in [3.63, 3.8) is 0 Å². The quantitative estimate of drug-likeness (QED) is 0.240. The molecule has 24 heavy (non-hydrogen) atoms. The summed E-state index contributed by atoms with van der Waals surface area (Å²) in [6.07, 6.45) is 4.07. The predicted molar refractivity (Wildman–Crippen MR) is 113 cm³/mol. The molecule has 0 heterocycles. The number of rotatable bonds is 10. The first-order valence-electron chi connectivity index (χ1n) is 8.26. The molecule has 1 aromatic carbocycles. The molecule has 0 unspecified atom stereocenters. The lowest BCUT2D eigenvalue weighted by Crippen LogP contribution is -2.38. The van der Waals surface area contributed by atoms with Crippen molar-refractivity contribution < 1.29 is 8.42 Å². The van der Waals surface area contributed by atoms with Gasteiger partial charge in [-0.05, 0) is 18.4 Å². The van der Waals surface area contributed by atoms with Gasteiger partial charge >= 0.3 is 0 Å². The summed E-state index contributed by atoms with van der Waals surface area (Å²) >= 11 is 0. The molecule has 0 bridgehead atoms. The van der Waals surface area contributed by atoms with Crippen molar-refractivity contribution in [2.24, 2.45) is 4.99 Å². The highest BCUT2D eigenvalue weighted by Gasteiger charge is 2.11.